The van der Waals surface area contributed by atoms with Crippen LogP contribution in [0.1, 0.15) is 55.0 Å². The summed E-state index contributed by atoms with van der Waals surface area (Å²) >= 11 is 0. The van der Waals surface area contributed by atoms with E-state index in [2.05, 4.69) is 28.2 Å². The molecule has 7 heteroatoms. The van der Waals surface area contributed by atoms with Gasteiger partial charge in [0.2, 0.25) is 5.91 Å². The second-order valence-corrected chi connectivity index (χ2v) is 7.10. The van der Waals surface area contributed by atoms with Gasteiger partial charge in [0.1, 0.15) is 23.4 Å². The number of aryl methyl sites for hydroxylation is 2. The number of carbonyl (C=O) groups is 1. The average molecular weight is 344 g/mol. The fourth-order valence-corrected chi connectivity index (χ4v) is 3.37. The van der Waals surface area contributed by atoms with Gasteiger partial charge in [-0.25, -0.2) is 4.98 Å². The second kappa shape index (κ2) is 6.63. The van der Waals surface area contributed by atoms with E-state index in [4.69, 9.17) is 9.15 Å². The Morgan fingerprint density at radius 2 is 2.28 bits per heavy atom. The highest BCUT2D eigenvalue weighted by atomic mass is 16.5. The zero-order valence-corrected chi connectivity index (χ0v) is 14.7. The lowest BCUT2D eigenvalue weighted by molar-refractivity contribution is -0.139. The molecule has 2 aromatic heterocycles. The lowest BCUT2D eigenvalue weighted by Crippen LogP contribution is -2.42. The van der Waals surface area contributed by atoms with Gasteiger partial charge in [-0.2, -0.15) is 5.10 Å². The molecule has 3 heterocycles. The Kier molecular flexibility index (Phi) is 4.33. The molecule has 0 spiro atoms. The third-order valence-electron chi connectivity index (χ3n) is 5.06. The number of carbonyl (C=O) groups excluding carboxylic acids is 1. The standard InChI is InChI=1S/C18H24N4O3/c1-11-9-14(11)15-5-3-13(25-15)4-6-17(23)22-7-8-24-16(10-22)18-19-12(2)20-21-18/h3,5,11,14,16H,4,6-10H2,1-2H3,(H,19,20,21). The smallest absolute Gasteiger partial charge is 0.223 e. The quantitative estimate of drug-likeness (QED) is 0.900. The van der Waals surface area contributed by atoms with Crippen molar-refractivity contribution in [2.24, 2.45) is 5.92 Å². The van der Waals surface area contributed by atoms with Crippen molar-refractivity contribution in [2.75, 3.05) is 19.7 Å². The molecule has 0 bridgehead atoms. The number of aromatic nitrogens is 3. The van der Waals surface area contributed by atoms with Gasteiger partial charge in [-0.1, -0.05) is 6.92 Å². The van der Waals surface area contributed by atoms with E-state index in [0.717, 1.165) is 23.3 Å². The lowest BCUT2D eigenvalue weighted by Gasteiger charge is -2.31. The molecule has 7 nitrogen and oxygen atoms in total. The first-order valence-electron chi connectivity index (χ1n) is 8.97. The Bertz CT molecular complexity index is 753. The van der Waals surface area contributed by atoms with Gasteiger partial charge >= 0.3 is 0 Å². The maximum Gasteiger partial charge on any atom is 0.223 e. The Morgan fingerprint density at radius 1 is 1.44 bits per heavy atom. The van der Waals surface area contributed by atoms with Crippen LogP contribution in [0.5, 0.6) is 0 Å². The zero-order valence-electron chi connectivity index (χ0n) is 14.7. The normalized spacial score (nSPS) is 26.0. The van der Waals surface area contributed by atoms with E-state index in [1.807, 2.05) is 17.9 Å². The molecule has 134 valence electrons. The minimum atomic E-state index is -0.255. The molecule has 2 aromatic rings. The molecule has 1 amide bonds. The average Bonchev–Trinajstić information content (AvgIpc) is 3.02. The van der Waals surface area contributed by atoms with Crippen LogP contribution in [0.3, 0.4) is 0 Å². The van der Waals surface area contributed by atoms with Gasteiger partial charge in [0.15, 0.2) is 5.82 Å². The molecule has 1 aliphatic heterocycles. The number of nitrogens with zero attached hydrogens (tertiary/aromatic N) is 3. The fraction of sp³-hybridized carbons (Fsp3) is 0.611. The molecule has 2 fully saturated rings. The number of furan rings is 1. The summed E-state index contributed by atoms with van der Waals surface area (Å²) < 4.78 is 11.6. The minimum absolute atomic E-state index is 0.123. The van der Waals surface area contributed by atoms with Crippen molar-refractivity contribution in [3.05, 3.63) is 35.3 Å². The molecule has 25 heavy (non-hydrogen) atoms. The lowest BCUT2D eigenvalue weighted by atomic mass is 10.2. The van der Waals surface area contributed by atoms with Crippen LogP contribution >= 0.6 is 0 Å². The Labute approximate surface area is 146 Å². The van der Waals surface area contributed by atoms with E-state index in [-0.39, 0.29) is 12.0 Å². The van der Waals surface area contributed by atoms with Crippen LogP contribution in [0, 0.1) is 12.8 Å². The van der Waals surface area contributed by atoms with E-state index in [1.54, 1.807) is 0 Å². The number of nitrogens with one attached hydrogen (secondary N) is 1. The molecule has 0 aromatic carbocycles. The predicted molar refractivity (Wildman–Crippen MR) is 89.9 cm³/mol. The molecule has 1 saturated carbocycles. The van der Waals surface area contributed by atoms with Gasteiger partial charge in [0.25, 0.3) is 0 Å². The SMILES string of the molecule is Cc1nc(C2CN(C(=O)CCc3ccc(C4CC4C)o3)CCO2)n[nH]1. The number of hydrogen-bond acceptors (Lipinski definition) is 5. The first-order valence-corrected chi connectivity index (χ1v) is 8.97. The first-order chi connectivity index (χ1) is 12.1. The zero-order chi connectivity index (χ0) is 17.4. The van der Waals surface area contributed by atoms with E-state index in [0.29, 0.717) is 44.3 Å². The van der Waals surface area contributed by atoms with Gasteiger partial charge in [-0.05, 0) is 31.4 Å². The minimum Gasteiger partial charge on any atom is -0.466 e. The largest absolute Gasteiger partial charge is 0.466 e. The van der Waals surface area contributed by atoms with Crippen LogP contribution in [0.2, 0.25) is 0 Å². The maximum absolute atomic E-state index is 12.5. The summed E-state index contributed by atoms with van der Waals surface area (Å²) in [6.07, 6.45) is 2.05. The third-order valence-corrected chi connectivity index (χ3v) is 5.06. The summed E-state index contributed by atoms with van der Waals surface area (Å²) in [7, 11) is 0. The predicted octanol–water partition coefficient (Wildman–Crippen LogP) is 2.36. The molecule has 2 aliphatic rings. The van der Waals surface area contributed by atoms with Crippen LogP contribution < -0.4 is 0 Å². The number of H-pyrrole nitrogens is 1. The van der Waals surface area contributed by atoms with Crippen LogP contribution in [0.25, 0.3) is 0 Å². The van der Waals surface area contributed by atoms with Crippen LogP contribution in [0.15, 0.2) is 16.5 Å². The summed E-state index contributed by atoms with van der Waals surface area (Å²) in [4.78, 5) is 18.7. The number of aromatic amines is 1. The number of amides is 1. The maximum atomic E-state index is 12.5. The van der Waals surface area contributed by atoms with Gasteiger partial charge in [-0.3, -0.25) is 9.89 Å². The number of rotatable bonds is 5. The molecule has 3 atom stereocenters. The number of morpholine rings is 1. The molecule has 1 saturated heterocycles. The Balaban J connectivity index is 1.30. The summed E-state index contributed by atoms with van der Waals surface area (Å²) in [5.74, 6) is 4.76. The molecular weight excluding hydrogens is 320 g/mol. The fourth-order valence-electron chi connectivity index (χ4n) is 3.37. The molecule has 4 rings (SSSR count). The van der Waals surface area contributed by atoms with Crippen molar-refractivity contribution in [1.82, 2.24) is 20.1 Å². The molecule has 1 aliphatic carbocycles. The summed E-state index contributed by atoms with van der Waals surface area (Å²) in [5, 5.41) is 6.96. The highest BCUT2D eigenvalue weighted by molar-refractivity contribution is 5.76. The third kappa shape index (κ3) is 3.61. The van der Waals surface area contributed by atoms with E-state index < -0.39 is 0 Å². The van der Waals surface area contributed by atoms with Crippen LogP contribution in [-0.4, -0.2) is 45.7 Å². The van der Waals surface area contributed by atoms with Crippen molar-refractivity contribution in [1.29, 1.82) is 0 Å². The van der Waals surface area contributed by atoms with Gasteiger partial charge in [0.05, 0.1) is 13.2 Å². The molecular formula is C18H24N4O3. The van der Waals surface area contributed by atoms with Gasteiger partial charge in [-0.15, -0.1) is 0 Å². The van der Waals surface area contributed by atoms with Crippen LogP contribution in [-0.2, 0) is 16.0 Å². The van der Waals surface area contributed by atoms with Crippen molar-refractivity contribution >= 4 is 5.91 Å². The second-order valence-electron chi connectivity index (χ2n) is 7.10. The molecule has 1 N–H and O–H groups in total. The molecule has 3 unspecified atom stereocenters. The first kappa shape index (κ1) is 16.3. The van der Waals surface area contributed by atoms with Crippen molar-refractivity contribution < 1.29 is 13.9 Å². The van der Waals surface area contributed by atoms with Gasteiger partial charge < -0.3 is 14.1 Å². The van der Waals surface area contributed by atoms with Crippen molar-refractivity contribution in [2.45, 2.75) is 45.1 Å². The van der Waals surface area contributed by atoms with Gasteiger partial charge in [0, 0.05) is 25.3 Å². The van der Waals surface area contributed by atoms with Crippen LogP contribution in [0.4, 0.5) is 0 Å². The monoisotopic (exact) mass is 344 g/mol. The summed E-state index contributed by atoms with van der Waals surface area (Å²) in [6, 6.07) is 4.07. The Morgan fingerprint density at radius 3 is 3.00 bits per heavy atom. The number of ether oxygens (including phenoxy) is 1. The topological polar surface area (TPSA) is 84.2 Å². The van der Waals surface area contributed by atoms with E-state index in [1.165, 1.54) is 6.42 Å². The van der Waals surface area contributed by atoms with E-state index in [9.17, 15) is 4.79 Å². The number of hydrogen-bond donors (Lipinski definition) is 1. The summed E-state index contributed by atoms with van der Waals surface area (Å²) in [6.45, 7) is 5.71. The highest BCUT2D eigenvalue weighted by Crippen LogP contribution is 2.47. The summed E-state index contributed by atoms with van der Waals surface area (Å²) in [5.41, 5.74) is 0. The van der Waals surface area contributed by atoms with Crippen molar-refractivity contribution in [3.8, 4) is 0 Å². The van der Waals surface area contributed by atoms with Crippen molar-refractivity contribution in [3.63, 3.8) is 0 Å². The highest BCUT2D eigenvalue weighted by Gasteiger charge is 2.36. The Hall–Kier alpha value is -2.15. The molecule has 0 radical (unpaired) electrons. The van der Waals surface area contributed by atoms with E-state index >= 15 is 0 Å².